The third-order valence-corrected chi connectivity index (χ3v) is 4.60. The number of carbonyl (C=O) groups excluding carboxylic acids is 4. The van der Waals surface area contributed by atoms with Gasteiger partial charge in [0.2, 0.25) is 11.8 Å². The molecule has 1 aliphatic rings. The van der Waals surface area contributed by atoms with Gasteiger partial charge in [0.15, 0.2) is 6.61 Å². The molecular weight excluding hydrogens is 398 g/mol. The minimum Gasteiger partial charge on any atom is -0.451 e. The van der Waals surface area contributed by atoms with Crippen molar-refractivity contribution in [2.45, 2.75) is 26.3 Å². The molecule has 0 saturated carbocycles. The summed E-state index contributed by atoms with van der Waals surface area (Å²) in [6.07, 6.45) is 1.58. The second kappa shape index (κ2) is 9.71. The zero-order valence-electron chi connectivity index (χ0n) is 17.3. The van der Waals surface area contributed by atoms with Gasteiger partial charge in [0.25, 0.3) is 5.91 Å². The maximum absolute atomic E-state index is 12.9. The van der Waals surface area contributed by atoms with E-state index < -0.39 is 30.4 Å². The van der Waals surface area contributed by atoms with E-state index in [9.17, 15) is 19.2 Å². The van der Waals surface area contributed by atoms with Gasteiger partial charge >= 0.3 is 5.97 Å². The molecule has 31 heavy (non-hydrogen) atoms. The molecule has 3 amide bonds. The highest BCUT2D eigenvalue weighted by Crippen LogP contribution is 2.31. The molecule has 0 fully saturated rings. The summed E-state index contributed by atoms with van der Waals surface area (Å²) in [6.45, 7) is 2.48. The van der Waals surface area contributed by atoms with Crippen molar-refractivity contribution in [3.63, 3.8) is 0 Å². The number of anilines is 2. The molecule has 2 aromatic carbocycles. The zero-order chi connectivity index (χ0) is 22.4. The van der Waals surface area contributed by atoms with Crippen LogP contribution in [0.25, 0.3) is 6.08 Å². The number of ether oxygens (including phenoxy) is 1. The van der Waals surface area contributed by atoms with Crippen LogP contribution in [0.4, 0.5) is 11.4 Å². The van der Waals surface area contributed by atoms with Gasteiger partial charge < -0.3 is 20.3 Å². The highest BCUT2D eigenvalue weighted by Gasteiger charge is 2.30. The Morgan fingerprint density at radius 2 is 1.81 bits per heavy atom. The standard InChI is InChI=1S/C23H23N3O5/c1-15-12-21(28)25-18-10-6-7-11-20(18)26(15)22(29)14-31-23(30)19(24-16(2)27)13-17-8-4-3-5-9-17/h3-11,13,15H,12,14H2,1-2H3,(H,24,27)(H,25,28)/b19-13-/t15-/m1/s1. The van der Waals surface area contributed by atoms with Crippen LogP contribution in [0.2, 0.25) is 0 Å². The highest BCUT2D eigenvalue weighted by atomic mass is 16.5. The monoisotopic (exact) mass is 421 g/mol. The van der Waals surface area contributed by atoms with Crippen LogP contribution in [-0.4, -0.2) is 36.3 Å². The van der Waals surface area contributed by atoms with Gasteiger partial charge in [0.05, 0.1) is 11.4 Å². The van der Waals surface area contributed by atoms with E-state index >= 15 is 0 Å². The van der Waals surface area contributed by atoms with Crippen LogP contribution in [-0.2, 0) is 23.9 Å². The van der Waals surface area contributed by atoms with Crippen LogP contribution < -0.4 is 15.5 Å². The van der Waals surface area contributed by atoms with E-state index in [1.807, 2.05) is 6.07 Å². The molecule has 0 spiro atoms. The average Bonchev–Trinajstić information content (AvgIpc) is 2.86. The fourth-order valence-corrected chi connectivity index (χ4v) is 3.29. The van der Waals surface area contributed by atoms with Gasteiger partial charge in [0, 0.05) is 19.4 Å². The quantitative estimate of drug-likeness (QED) is 0.570. The summed E-state index contributed by atoms with van der Waals surface area (Å²) in [6, 6.07) is 15.4. The molecule has 1 aliphatic heterocycles. The van der Waals surface area contributed by atoms with E-state index in [0.29, 0.717) is 16.9 Å². The average molecular weight is 421 g/mol. The van der Waals surface area contributed by atoms with Crippen molar-refractivity contribution in [3.05, 3.63) is 65.9 Å². The molecule has 3 rings (SSSR count). The molecule has 160 valence electrons. The van der Waals surface area contributed by atoms with Crippen LogP contribution in [0.3, 0.4) is 0 Å². The number of nitrogens with one attached hydrogen (secondary N) is 2. The number of nitrogens with zero attached hydrogens (tertiary/aromatic N) is 1. The van der Waals surface area contributed by atoms with Crippen molar-refractivity contribution in [3.8, 4) is 0 Å². The third kappa shape index (κ3) is 5.57. The second-order valence-corrected chi connectivity index (χ2v) is 7.11. The van der Waals surface area contributed by atoms with Crippen molar-refractivity contribution in [2.75, 3.05) is 16.8 Å². The van der Waals surface area contributed by atoms with E-state index in [2.05, 4.69) is 10.6 Å². The van der Waals surface area contributed by atoms with Crippen LogP contribution >= 0.6 is 0 Å². The van der Waals surface area contributed by atoms with Gasteiger partial charge in [-0.2, -0.15) is 0 Å². The van der Waals surface area contributed by atoms with Gasteiger partial charge in [0.1, 0.15) is 5.70 Å². The summed E-state index contributed by atoms with van der Waals surface area (Å²) in [5.41, 5.74) is 1.66. The molecule has 1 atom stereocenters. The van der Waals surface area contributed by atoms with Crippen LogP contribution in [0.1, 0.15) is 25.8 Å². The maximum Gasteiger partial charge on any atom is 0.355 e. The normalized spacial score (nSPS) is 15.9. The number of hydrogen-bond acceptors (Lipinski definition) is 5. The molecular formula is C23H23N3O5. The first-order valence-corrected chi connectivity index (χ1v) is 9.77. The van der Waals surface area contributed by atoms with E-state index in [1.54, 1.807) is 55.5 Å². The number of amides is 3. The highest BCUT2D eigenvalue weighted by molar-refractivity contribution is 6.05. The predicted octanol–water partition coefficient (Wildman–Crippen LogP) is 2.47. The first-order valence-electron chi connectivity index (χ1n) is 9.77. The number of esters is 1. The van der Waals surface area contributed by atoms with Crippen LogP contribution in [0.5, 0.6) is 0 Å². The Bertz CT molecular complexity index is 1030. The molecule has 0 unspecified atom stereocenters. The van der Waals surface area contributed by atoms with Gasteiger partial charge in [-0.1, -0.05) is 42.5 Å². The number of benzene rings is 2. The van der Waals surface area contributed by atoms with Crippen molar-refractivity contribution in [2.24, 2.45) is 0 Å². The summed E-state index contributed by atoms with van der Waals surface area (Å²) < 4.78 is 5.20. The summed E-state index contributed by atoms with van der Waals surface area (Å²) in [5, 5.41) is 5.21. The predicted molar refractivity (Wildman–Crippen MR) is 116 cm³/mol. The van der Waals surface area contributed by atoms with Crippen molar-refractivity contribution >= 4 is 41.1 Å². The fourth-order valence-electron chi connectivity index (χ4n) is 3.29. The Morgan fingerprint density at radius 1 is 1.13 bits per heavy atom. The Kier molecular flexibility index (Phi) is 6.81. The Hall–Kier alpha value is -3.94. The van der Waals surface area contributed by atoms with E-state index in [4.69, 9.17) is 4.74 Å². The molecule has 0 saturated heterocycles. The summed E-state index contributed by atoms with van der Waals surface area (Å²) >= 11 is 0. The number of hydrogen-bond donors (Lipinski definition) is 2. The lowest BCUT2D eigenvalue weighted by Gasteiger charge is -2.27. The van der Waals surface area contributed by atoms with Gasteiger partial charge in [-0.3, -0.25) is 14.4 Å². The largest absolute Gasteiger partial charge is 0.451 e. The first kappa shape index (κ1) is 21.8. The van der Waals surface area contributed by atoms with Crippen molar-refractivity contribution in [1.29, 1.82) is 0 Å². The number of rotatable bonds is 5. The van der Waals surface area contributed by atoms with Crippen LogP contribution in [0, 0.1) is 0 Å². The zero-order valence-corrected chi connectivity index (χ0v) is 17.3. The molecule has 0 aliphatic carbocycles. The van der Waals surface area contributed by atoms with Crippen LogP contribution in [0.15, 0.2) is 60.3 Å². The van der Waals surface area contributed by atoms with E-state index in [0.717, 1.165) is 0 Å². The SMILES string of the molecule is CC(=O)N/C(=C\c1ccccc1)C(=O)OCC(=O)N1c2ccccc2NC(=O)C[C@H]1C. The molecule has 0 radical (unpaired) electrons. The number of para-hydroxylation sites is 2. The summed E-state index contributed by atoms with van der Waals surface area (Å²) in [7, 11) is 0. The molecule has 2 N–H and O–H groups in total. The smallest absolute Gasteiger partial charge is 0.355 e. The molecule has 2 aromatic rings. The summed E-state index contributed by atoms with van der Waals surface area (Å²) in [5.74, 6) is -1.96. The lowest BCUT2D eigenvalue weighted by molar-refractivity contribution is -0.144. The maximum atomic E-state index is 12.9. The first-order chi connectivity index (χ1) is 14.8. The van der Waals surface area contributed by atoms with Gasteiger partial charge in [-0.15, -0.1) is 0 Å². The van der Waals surface area contributed by atoms with Gasteiger partial charge in [-0.25, -0.2) is 4.79 Å². The van der Waals surface area contributed by atoms with Gasteiger partial charge in [-0.05, 0) is 30.7 Å². The topological polar surface area (TPSA) is 105 Å². The Balaban J connectivity index is 1.76. The molecule has 8 heteroatoms. The molecule has 0 bridgehead atoms. The minimum atomic E-state index is -0.836. The lowest BCUT2D eigenvalue weighted by atomic mass is 10.1. The lowest BCUT2D eigenvalue weighted by Crippen LogP contribution is -2.42. The van der Waals surface area contributed by atoms with Crippen molar-refractivity contribution < 1.29 is 23.9 Å². The number of fused-ring (bicyclic) bond motifs is 1. The molecule has 8 nitrogen and oxygen atoms in total. The second-order valence-electron chi connectivity index (χ2n) is 7.11. The third-order valence-electron chi connectivity index (χ3n) is 4.60. The fraction of sp³-hybridized carbons (Fsp3) is 0.217. The Morgan fingerprint density at radius 3 is 2.52 bits per heavy atom. The van der Waals surface area contributed by atoms with Crippen molar-refractivity contribution in [1.82, 2.24) is 5.32 Å². The molecule has 1 heterocycles. The molecule has 0 aromatic heterocycles. The number of carbonyl (C=O) groups is 4. The Labute approximate surface area is 179 Å². The van der Waals surface area contributed by atoms with E-state index in [-0.39, 0.29) is 18.0 Å². The minimum absolute atomic E-state index is 0.0762. The summed E-state index contributed by atoms with van der Waals surface area (Å²) in [4.78, 5) is 50.5. The van der Waals surface area contributed by atoms with E-state index in [1.165, 1.54) is 17.9 Å².